The first-order valence-electron chi connectivity index (χ1n) is 7.50. The van der Waals surface area contributed by atoms with E-state index in [0.717, 1.165) is 6.54 Å². The Hall–Kier alpha value is 0.734. The summed E-state index contributed by atoms with van der Waals surface area (Å²) in [6.07, 6.45) is 6.07. The maximum Gasteiger partial charge on any atom is 2.00 e. The quantitative estimate of drug-likeness (QED) is 0.459. The molecule has 1 atom stereocenters. The van der Waals surface area contributed by atoms with Crippen molar-refractivity contribution < 1.29 is 21.7 Å². The fraction of sp³-hybridized carbons (Fsp3) is 0.722. The van der Waals surface area contributed by atoms with Crippen LogP contribution in [0, 0.1) is 36.7 Å². The summed E-state index contributed by atoms with van der Waals surface area (Å²) in [4.78, 5) is 2.01. The normalized spacial score (nSPS) is 16.3. The Kier molecular flexibility index (Phi) is 21.2. The number of hydrogen-bond acceptors (Lipinski definition) is 1. The summed E-state index contributed by atoms with van der Waals surface area (Å²) >= 11 is 0. The van der Waals surface area contributed by atoms with Crippen molar-refractivity contribution >= 4 is 24.8 Å². The summed E-state index contributed by atoms with van der Waals surface area (Å²) in [5.74, 6) is 2.49. The van der Waals surface area contributed by atoms with Crippen LogP contribution < -0.4 is 0 Å². The third-order valence-electron chi connectivity index (χ3n) is 3.36. The van der Waals surface area contributed by atoms with E-state index in [2.05, 4.69) is 60.6 Å². The zero-order chi connectivity index (χ0) is 15.2. The molecule has 0 saturated heterocycles. The molecule has 1 rings (SSSR count). The number of halogens is 2. The molecule has 0 saturated carbocycles. The molecule has 0 aromatic heterocycles. The molecule has 0 spiro atoms. The van der Waals surface area contributed by atoms with E-state index in [9.17, 15) is 0 Å². The van der Waals surface area contributed by atoms with Crippen LogP contribution in [-0.2, 0) is 21.7 Å². The van der Waals surface area contributed by atoms with Gasteiger partial charge in [-0.15, -0.1) is 31.4 Å². The first-order valence-corrected chi connectivity index (χ1v) is 7.50. The molecule has 0 amide bonds. The predicted molar refractivity (Wildman–Crippen MR) is 101 cm³/mol. The van der Waals surface area contributed by atoms with Gasteiger partial charge in [0.2, 0.25) is 0 Å². The molecule has 22 heavy (non-hydrogen) atoms. The van der Waals surface area contributed by atoms with Crippen molar-refractivity contribution in [2.75, 3.05) is 20.6 Å². The number of rotatable bonds is 4. The Morgan fingerprint density at radius 1 is 1.05 bits per heavy atom. The van der Waals surface area contributed by atoms with Gasteiger partial charge in [-0.3, -0.25) is 6.08 Å². The second kappa shape index (κ2) is 15.3. The van der Waals surface area contributed by atoms with Crippen LogP contribution in [0.3, 0.4) is 0 Å². The van der Waals surface area contributed by atoms with E-state index >= 15 is 0 Å². The molecule has 0 heterocycles. The van der Waals surface area contributed by atoms with Gasteiger partial charge in [-0.05, 0) is 14.1 Å². The Bertz CT molecular complexity index is 297. The van der Waals surface area contributed by atoms with Crippen molar-refractivity contribution in [3.05, 3.63) is 30.2 Å². The second-order valence-corrected chi connectivity index (χ2v) is 6.56. The van der Waals surface area contributed by atoms with Gasteiger partial charge in [0.15, 0.2) is 0 Å². The zero-order valence-corrected chi connectivity index (χ0v) is 18.8. The molecule has 0 aromatic rings. The van der Waals surface area contributed by atoms with E-state index in [1.54, 1.807) is 0 Å². The van der Waals surface area contributed by atoms with Gasteiger partial charge in [0.1, 0.15) is 0 Å². The number of hydrogen-bond donors (Lipinski definition) is 0. The van der Waals surface area contributed by atoms with Crippen LogP contribution in [0.2, 0.25) is 0 Å². The van der Waals surface area contributed by atoms with E-state index < -0.39 is 0 Å². The monoisotopic (exact) mass is 383 g/mol. The third-order valence-corrected chi connectivity index (χ3v) is 3.36. The molecule has 1 aliphatic rings. The smallest absolute Gasteiger partial charge is 0.339 e. The van der Waals surface area contributed by atoms with Crippen molar-refractivity contribution in [3.63, 3.8) is 0 Å². The van der Waals surface area contributed by atoms with Gasteiger partial charge in [-0.1, -0.05) is 65.2 Å². The van der Waals surface area contributed by atoms with E-state index in [1.165, 1.54) is 11.1 Å². The van der Waals surface area contributed by atoms with E-state index in [1.807, 2.05) is 19.0 Å². The van der Waals surface area contributed by atoms with Crippen LogP contribution in [0.4, 0.5) is 0 Å². The average Bonchev–Trinajstić information content (AvgIpc) is 2.74. The Labute approximate surface area is 167 Å². The summed E-state index contributed by atoms with van der Waals surface area (Å²) < 4.78 is 0. The molecule has 0 fully saturated rings. The fourth-order valence-electron chi connectivity index (χ4n) is 1.95. The first-order chi connectivity index (χ1) is 8.70. The summed E-state index contributed by atoms with van der Waals surface area (Å²) in [6, 6.07) is 0. The molecule has 0 aliphatic heterocycles. The average molecular weight is 384 g/mol. The van der Waals surface area contributed by atoms with Gasteiger partial charge in [0, 0.05) is 0 Å². The van der Waals surface area contributed by atoms with E-state index in [-0.39, 0.29) is 46.5 Å². The van der Waals surface area contributed by atoms with Crippen molar-refractivity contribution in [2.45, 2.75) is 41.5 Å². The number of nitrogens with zero attached hydrogens (tertiary/aromatic N) is 1. The van der Waals surface area contributed by atoms with Crippen LogP contribution in [0.15, 0.2) is 17.2 Å². The third kappa shape index (κ3) is 11.3. The van der Waals surface area contributed by atoms with Gasteiger partial charge in [0.25, 0.3) is 0 Å². The van der Waals surface area contributed by atoms with Crippen molar-refractivity contribution in [3.8, 4) is 0 Å². The number of allylic oxidation sites excluding steroid dienone is 4. The minimum atomic E-state index is 0. The summed E-state index contributed by atoms with van der Waals surface area (Å²) in [5, 5.41) is 0. The Morgan fingerprint density at radius 2 is 1.45 bits per heavy atom. The minimum absolute atomic E-state index is 0. The summed E-state index contributed by atoms with van der Waals surface area (Å²) in [6.45, 7) is 18.1. The fourth-order valence-corrected chi connectivity index (χ4v) is 1.95. The molecule has 1 aliphatic carbocycles. The van der Waals surface area contributed by atoms with Crippen molar-refractivity contribution in [2.24, 2.45) is 23.7 Å². The first kappa shape index (κ1) is 30.6. The van der Waals surface area contributed by atoms with Crippen LogP contribution in [-0.4, -0.2) is 25.5 Å². The molecule has 130 valence electrons. The van der Waals surface area contributed by atoms with Crippen LogP contribution in [0.5, 0.6) is 0 Å². The van der Waals surface area contributed by atoms with Gasteiger partial charge in [-0.25, -0.2) is 5.57 Å². The van der Waals surface area contributed by atoms with Gasteiger partial charge in [-0.2, -0.15) is 11.6 Å². The summed E-state index contributed by atoms with van der Waals surface area (Å²) in [7, 11) is 3.99. The molecule has 0 aromatic carbocycles. The van der Waals surface area contributed by atoms with Crippen molar-refractivity contribution in [1.82, 2.24) is 4.90 Å². The largest absolute Gasteiger partial charge is 2.00 e. The van der Waals surface area contributed by atoms with Gasteiger partial charge >= 0.3 is 21.7 Å². The standard InChI is InChI=1S/C14H23.C4H10N.2ClH.Ti/c1-9(2)12-7-13(10(3)4)14(8-12)11(5)6;1-4-5(2)3;;;/h7,9-12H,1-6H3;1,4H2,2-3H3;2*1H;/q2*-1;;;+2. The Morgan fingerprint density at radius 3 is 1.64 bits per heavy atom. The predicted octanol–water partition coefficient (Wildman–Crippen LogP) is 5.46. The van der Waals surface area contributed by atoms with Gasteiger partial charge < -0.3 is 11.8 Å². The molecular weight excluding hydrogens is 349 g/mol. The molecular formula is C18H35Cl2NTi. The molecule has 0 bridgehead atoms. The minimum Gasteiger partial charge on any atom is -0.339 e. The Balaban J connectivity index is -0.000000179. The second-order valence-electron chi connectivity index (χ2n) is 6.56. The van der Waals surface area contributed by atoms with Crippen LogP contribution in [0.25, 0.3) is 0 Å². The summed E-state index contributed by atoms with van der Waals surface area (Å²) in [5.41, 5.74) is 2.98. The van der Waals surface area contributed by atoms with Crippen LogP contribution >= 0.6 is 24.8 Å². The molecule has 0 N–H and O–H groups in total. The maximum absolute atomic E-state index is 3.65. The van der Waals surface area contributed by atoms with Gasteiger partial charge in [0.05, 0.1) is 0 Å². The molecule has 1 unspecified atom stereocenters. The molecule has 4 heteroatoms. The zero-order valence-electron chi connectivity index (χ0n) is 15.6. The van der Waals surface area contributed by atoms with Crippen molar-refractivity contribution in [1.29, 1.82) is 0 Å². The van der Waals surface area contributed by atoms with E-state index in [0.29, 0.717) is 23.7 Å². The topological polar surface area (TPSA) is 3.24 Å². The van der Waals surface area contributed by atoms with E-state index in [4.69, 9.17) is 0 Å². The molecule has 1 nitrogen and oxygen atoms in total. The van der Waals surface area contributed by atoms with Crippen LogP contribution in [0.1, 0.15) is 41.5 Å². The SMILES string of the molecule is CC(C)C1=[C-]C(C(C)C)C=C1C(C)C.Cl.Cl.[CH2-]CN(C)C.[Ti+2]. The molecule has 0 radical (unpaired) electrons. The maximum atomic E-state index is 3.65.